The fourth-order valence-electron chi connectivity index (χ4n) is 4.86. The van der Waals surface area contributed by atoms with Gasteiger partial charge in [-0.05, 0) is 44.0 Å². The Morgan fingerprint density at radius 3 is 2.44 bits per heavy atom. The maximum absolute atomic E-state index is 5.81. The van der Waals surface area contributed by atoms with E-state index < -0.39 is 0 Å². The molecule has 2 aromatic carbocycles. The first-order chi connectivity index (χ1) is 15.5. The molecule has 7 heteroatoms. The fourth-order valence-corrected chi connectivity index (χ4v) is 4.86. The highest BCUT2D eigenvalue weighted by molar-refractivity contribution is 6.13. The summed E-state index contributed by atoms with van der Waals surface area (Å²) in [6.07, 6.45) is 0. The second-order valence-electron chi connectivity index (χ2n) is 8.37. The van der Waals surface area contributed by atoms with Gasteiger partial charge in [0.25, 0.3) is 0 Å². The van der Waals surface area contributed by atoms with Crippen LogP contribution in [0.5, 0.6) is 5.75 Å². The predicted octanol–water partition coefficient (Wildman–Crippen LogP) is 5.22. The molecule has 1 N–H and O–H groups in total. The highest BCUT2D eigenvalue weighted by atomic mass is 16.5. The number of aromatic amines is 1. The zero-order chi connectivity index (χ0) is 22.0. The summed E-state index contributed by atoms with van der Waals surface area (Å²) in [6.45, 7) is 7.47. The Morgan fingerprint density at radius 1 is 1.03 bits per heavy atom. The molecule has 1 aliphatic rings. The number of fused-ring (bicyclic) bond motifs is 4. The van der Waals surface area contributed by atoms with Gasteiger partial charge in [-0.3, -0.25) is 0 Å². The first-order valence-electron chi connectivity index (χ1n) is 10.7. The molecule has 4 heterocycles. The van der Waals surface area contributed by atoms with Crippen molar-refractivity contribution < 1.29 is 9.26 Å². The number of rotatable bonds is 3. The van der Waals surface area contributed by atoms with E-state index in [-0.39, 0.29) is 0 Å². The summed E-state index contributed by atoms with van der Waals surface area (Å²) in [6, 6.07) is 12.7. The number of aryl methyl sites for hydroxylation is 3. The van der Waals surface area contributed by atoms with E-state index in [0.29, 0.717) is 0 Å². The minimum absolute atomic E-state index is 0.743. The van der Waals surface area contributed by atoms with Crippen LogP contribution in [0.15, 0.2) is 40.9 Å². The first-order valence-corrected chi connectivity index (χ1v) is 10.7. The molecule has 7 nitrogen and oxygen atoms in total. The van der Waals surface area contributed by atoms with Crippen molar-refractivity contribution in [1.82, 2.24) is 20.1 Å². The van der Waals surface area contributed by atoms with Crippen molar-refractivity contribution in [1.29, 1.82) is 0 Å². The number of hydrogen-bond acceptors (Lipinski definition) is 6. The van der Waals surface area contributed by atoms with Crippen molar-refractivity contribution in [2.24, 2.45) is 0 Å². The Labute approximate surface area is 185 Å². The number of nitrogens with zero attached hydrogens (tertiary/aromatic N) is 4. The molecule has 0 amide bonds. The van der Waals surface area contributed by atoms with Gasteiger partial charge in [-0.25, -0.2) is 9.97 Å². The van der Waals surface area contributed by atoms with Gasteiger partial charge >= 0.3 is 0 Å². The van der Waals surface area contributed by atoms with E-state index in [2.05, 4.69) is 51.4 Å². The maximum atomic E-state index is 5.81. The molecule has 160 valence electrons. The number of H-pyrrole nitrogens is 1. The number of methoxy groups -OCH3 is 1. The lowest BCUT2D eigenvalue weighted by atomic mass is 10.0. The van der Waals surface area contributed by atoms with Crippen molar-refractivity contribution in [2.45, 2.75) is 33.9 Å². The number of anilines is 1. The molecule has 0 saturated carbocycles. The van der Waals surface area contributed by atoms with E-state index in [0.717, 1.165) is 75.0 Å². The third-order valence-electron chi connectivity index (χ3n) is 6.31. The van der Waals surface area contributed by atoms with E-state index in [1.807, 2.05) is 20.8 Å². The van der Waals surface area contributed by atoms with E-state index in [1.165, 1.54) is 11.1 Å². The lowest BCUT2D eigenvalue weighted by Crippen LogP contribution is -2.17. The smallest absolute Gasteiger partial charge is 0.144 e. The largest absolute Gasteiger partial charge is 0.496 e. The van der Waals surface area contributed by atoms with Crippen molar-refractivity contribution in [3.63, 3.8) is 0 Å². The molecule has 3 aromatic heterocycles. The zero-order valence-corrected chi connectivity index (χ0v) is 18.5. The number of benzene rings is 2. The summed E-state index contributed by atoms with van der Waals surface area (Å²) in [7, 11) is 1.69. The number of hydrogen-bond donors (Lipinski definition) is 1. The summed E-state index contributed by atoms with van der Waals surface area (Å²) in [4.78, 5) is 15.4. The van der Waals surface area contributed by atoms with Crippen molar-refractivity contribution >= 4 is 27.8 Å². The van der Waals surface area contributed by atoms with Gasteiger partial charge in [-0.1, -0.05) is 29.4 Å². The monoisotopic (exact) mass is 425 g/mol. The van der Waals surface area contributed by atoms with Crippen LogP contribution in [0.3, 0.4) is 0 Å². The molecule has 0 atom stereocenters. The fraction of sp³-hybridized carbons (Fsp3) is 0.240. The summed E-state index contributed by atoms with van der Waals surface area (Å²) in [5, 5.41) is 6.17. The highest BCUT2D eigenvalue weighted by Gasteiger charge is 2.25. The molecule has 32 heavy (non-hydrogen) atoms. The Balaban J connectivity index is 1.59. The summed E-state index contributed by atoms with van der Waals surface area (Å²) < 4.78 is 11.2. The average Bonchev–Trinajstić information content (AvgIpc) is 3.46. The van der Waals surface area contributed by atoms with E-state index in [4.69, 9.17) is 19.2 Å². The quantitative estimate of drug-likeness (QED) is 0.427. The maximum Gasteiger partial charge on any atom is 0.144 e. The molecule has 0 aliphatic carbocycles. The zero-order valence-electron chi connectivity index (χ0n) is 18.5. The van der Waals surface area contributed by atoms with Gasteiger partial charge in [0.05, 0.1) is 23.8 Å². The summed E-state index contributed by atoms with van der Waals surface area (Å²) in [5.74, 6) is 3.22. The Bertz CT molecular complexity index is 1470. The lowest BCUT2D eigenvalue weighted by Gasteiger charge is -2.18. The molecule has 0 saturated heterocycles. The molecule has 0 fully saturated rings. The van der Waals surface area contributed by atoms with E-state index in [9.17, 15) is 0 Å². The number of nitrogens with one attached hydrogen (secondary N) is 1. The number of aromatic nitrogens is 4. The van der Waals surface area contributed by atoms with Crippen LogP contribution in [-0.2, 0) is 13.1 Å². The first kappa shape index (κ1) is 18.9. The van der Waals surface area contributed by atoms with Gasteiger partial charge < -0.3 is 19.1 Å². The molecule has 0 spiro atoms. The van der Waals surface area contributed by atoms with Crippen molar-refractivity contribution in [3.05, 3.63) is 64.8 Å². The van der Waals surface area contributed by atoms with Gasteiger partial charge in [0.2, 0.25) is 0 Å². The molecule has 5 aromatic rings. The highest BCUT2D eigenvalue weighted by Crippen LogP contribution is 2.42. The van der Waals surface area contributed by atoms with Crippen LogP contribution in [0, 0.1) is 20.8 Å². The summed E-state index contributed by atoms with van der Waals surface area (Å²) in [5.41, 5.74) is 7.24. The molecule has 0 unspecified atom stereocenters. The minimum Gasteiger partial charge on any atom is -0.496 e. The van der Waals surface area contributed by atoms with Crippen LogP contribution < -0.4 is 9.64 Å². The number of ether oxygens (including phenoxy) is 1. The second-order valence-corrected chi connectivity index (χ2v) is 8.37. The normalized spacial score (nSPS) is 13.3. The van der Waals surface area contributed by atoms with Crippen LogP contribution in [0.25, 0.3) is 33.1 Å². The predicted molar refractivity (Wildman–Crippen MR) is 124 cm³/mol. The second kappa shape index (κ2) is 6.82. The van der Waals surface area contributed by atoms with Crippen LogP contribution in [0.2, 0.25) is 0 Å². The average molecular weight is 425 g/mol. The molecule has 0 radical (unpaired) electrons. The van der Waals surface area contributed by atoms with Crippen LogP contribution >= 0.6 is 0 Å². The summed E-state index contributed by atoms with van der Waals surface area (Å²) >= 11 is 0. The van der Waals surface area contributed by atoms with E-state index >= 15 is 0 Å². The van der Waals surface area contributed by atoms with E-state index in [1.54, 1.807) is 7.11 Å². The van der Waals surface area contributed by atoms with Gasteiger partial charge in [-0.2, -0.15) is 0 Å². The molecule has 6 rings (SSSR count). The van der Waals surface area contributed by atoms with Gasteiger partial charge in [-0.15, -0.1) is 0 Å². The molecular formula is C25H23N5O2. The molecular weight excluding hydrogens is 402 g/mol. The van der Waals surface area contributed by atoms with Gasteiger partial charge in [0, 0.05) is 29.6 Å². The van der Waals surface area contributed by atoms with Crippen LogP contribution in [-0.4, -0.2) is 27.2 Å². The SMILES string of the molecule is COc1cc2c(cc1-c1c(C)noc1C)[nH]c1nc(C)nc(N3Cc4ccccc4C3)c12. The minimum atomic E-state index is 0.743. The Morgan fingerprint density at radius 2 is 1.78 bits per heavy atom. The van der Waals surface area contributed by atoms with Gasteiger partial charge in [0.1, 0.15) is 28.8 Å². The Kier molecular flexibility index (Phi) is 4.02. The van der Waals surface area contributed by atoms with Crippen molar-refractivity contribution in [2.75, 3.05) is 12.0 Å². The third-order valence-corrected chi connectivity index (χ3v) is 6.31. The standard InChI is InChI=1S/C25H23N5O2/c1-13-22(14(2)32-29-13)19-9-20-18(10-21(19)31-4)23-24(28-20)26-15(3)27-25(23)30-11-16-7-5-6-8-17(16)12-30/h5-10H,11-12H2,1-4H3,(H,26,27,28). The van der Waals surface area contributed by atoms with Crippen LogP contribution in [0.4, 0.5) is 5.82 Å². The van der Waals surface area contributed by atoms with Crippen LogP contribution in [0.1, 0.15) is 28.4 Å². The Hall–Kier alpha value is -3.87. The lowest BCUT2D eigenvalue weighted by molar-refractivity contribution is 0.393. The van der Waals surface area contributed by atoms with Gasteiger partial charge in [0.15, 0.2) is 0 Å². The van der Waals surface area contributed by atoms with Crippen molar-refractivity contribution in [3.8, 4) is 16.9 Å². The topological polar surface area (TPSA) is 80.1 Å². The third kappa shape index (κ3) is 2.70. The molecule has 1 aliphatic heterocycles. The molecule has 0 bridgehead atoms.